The number of aromatic hydroxyl groups is 1. The molecular weight excluding hydrogens is 670 g/mol. The van der Waals surface area contributed by atoms with E-state index in [-0.39, 0.29) is 29.3 Å². The molecule has 11 nitrogen and oxygen atoms in total. The Bertz CT molecular complexity index is 2080. The van der Waals surface area contributed by atoms with Crippen molar-refractivity contribution in [3.63, 3.8) is 0 Å². The molecule has 1 heterocycles. The zero-order valence-electron chi connectivity index (χ0n) is 29.6. The number of pyridine rings is 1. The topological polar surface area (TPSA) is 181 Å². The third kappa shape index (κ3) is 9.50. The summed E-state index contributed by atoms with van der Waals surface area (Å²) in [5, 5.41) is 38.1. The number of aromatic amines is 1. The average Bonchev–Trinajstić information content (AvgIpc) is 3.15. The van der Waals surface area contributed by atoms with Crippen molar-refractivity contribution in [2.24, 2.45) is 5.73 Å². The second-order valence-electron chi connectivity index (χ2n) is 13.8. The van der Waals surface area contributed by atoms with Crippen molar-refractivity contribution < 1.29 is 24.9 Å². The highest BCUT2D eigenvalue weighted by atomic mass is 16.4. The molecule has 0 spiro atoms. The third-order valence-electron chi connectivity index (χ3n) is 10.0. The van der Waals surface area contributed by atoms with Crippen LogP contribution in [0.2, 0.25) is 0 Å². The van der Waals surface area contributed by atoms with E-state index in [1.807, 2.05) is 72.8 Å². The van der Waals surface area contributed by atoms with E-state index >= 15 is 0 Å². The fourth-order valence-electron chi connectivity index (χ4n) is 7.17. The molecule has 6 rings (SSSR count). The molecule has 1 aliphatic rings. The van der Waals surface area contributed by atoms with Gasteiger partial charge in [0.2, 0.25) is 11.5 Å². The van der Waals surface area contributed by atoms with E-state index in [9.17, 15) is 29.7 Å². The molecule has 0 saturated heterocycles. The number of aliphatic hydroxyl groups is 1. The van der Waals surface area contributed by atoms with Crippen molar-refractivity contribution in [3.8, 4) is 16.9 Å². The maximum absolute atomic E-state index is 12.9. The summed E-state index contributed by atoms with van der Waals surface area (Å²) >= 11 is 0. The van der Waals surface area contributed by atoms with Crippen LogP contribution in [0, 0.1) is 0 Å². The Morgan fingerprint density at radius 3 is 2.36 bits per heavy atom. The fourth-order valence-corrected chi connectivity index (χ4v) is 7.17. The number of rotatable bonds is 14. The number of benzene rings is 4. The Hall–Kier alpha value is -5.49. The average molecular weight is 718 g/mol. The smallest absolute Gasteiger partial charge is 0.412 e. The number of H-pyrrole nitrogens is 1. The molecule has 0 bridgehead atoms. The first-order valence-electron chi connectivity index (χ1n) is 18.2. The van der Waals surface area contributed by atoms with Crippen LogP contribution in [-0.2, 0) is 17.6 Å². The monoisotopic (exact) mass is 717 g/mol. The lowest BCUT2D eigenvalue weighted by molar-refractivity contribution is -0.116. The van der Waals surface area contributed by atoms with E-state index in [0.29, 0.717) is 66.6 Å². The van der Waals surface area contributed by atoms with Crippen molar-refractivity contribution in [2.45, 2.75) is 69.6 Å². The lowest BCUT2D eigenvalue weighted by atomic mass is 9.89. The number of carboxylic acid groups (broad SMARTS) is 1. The second-order valence-corrected chi connectivity index (χ2v) is 13.8. The predicted molar refractivity (Wildman–Crippen MR) is 208 cm³/mol. The Morgan fingerprint density at radius 1 is 0.887 bits per heavy atom. The van der Waals surface area contributed by atoms with Crippen molar-refractivity contribution in [1.82, 2.24) is 10.3 Å². The van der Waals surface area contributed by atoms with Crippen LogP contribution in [-0.4, -0.2) is 57.5 Å². The fraction of sp³-hybridized carbons (Fsp3) is 0.310. The maximum Gasteiger partial charge on any atom is 0.412 e. The van der Waals surface area contributed by atoms with Crippen LogP contribution in [0.5, 0.6) is 5.75 Å². The van der Waals surface area contributed by atoms with E-state index in [0.717, 1.165) is 47.9 Å². The van der Waals surface area contributed by atoms with E-state index < -0.39 is 12.2 Å². The number of aryl methyl sites for hydroxylation is 1. The van der Waals surface area contributed by atoms with E-state index in [1.165, 1.54) is 17.0 Å². The number of nitrogens with one attached hydrogen (secondary N) is 3. The highest BCUT2D eigenvalue weighted by Crippen LogP contribution is 2.36. The van der Waals surface area contributed by atoms with E-state index in [2.05, 4.69) is 15.6 Å². The Kier molecular flexibility index (Phi) is 12.2. The van der Waals surface area contributed by atoms with E-state index in [4.69, 9.17) is 5.73 Å². The number of anilines is 2. The van der Waals surface area contributed by atoms with Crippen LogP contribution in [0.4, 0.5) is 16.2 Å². The first-order chi connectivity index (χ1) is 25.7. The molecule has 1 saturated carbocycles. The molecule has 1 aliphatic carbocycles. The van der Waals surface area contributed by atoms with Gasteiger partial charge in [0.05, 0.1) is 17.3 Å². The van der Waals surface area contributed by atoms with Crippen LogP contribution >= 0.6 is 0 Å². The summed E-state index contributed by atoms with van der Waals surface area (Å²) in [5.74, 6) is -0.141. The minimum absolute atomic E-state index is 0.0489. The maximum atomic E-state index is 12.9. The van der Waals surface area contributed by atoms with Crippen molar-refractivity contribution >= 4 is 34.3 Å². The summed E-state index contributed by atoms with van der Waals surface area (Å²) in [6.45, 7) is 0.905. The summed E-state index contributed by atoms with van der Waals surface area (Å²) in [6, 6.07) is 29.5. The summed E-state index contributed by atoms with van der Waals surface area (Å²) in [6.07, 6.45) is 3.49. The number of aliphatic hydroxyl groups excluding tert-OH is 1. The SMILES string of the molecule is N[C@H]1CC[C@H](N(C(=O)O)c2cc(CCCC(=O)Nc3ccc(CCNCC(O)c4ccc(O)c5[nH]c(=O)ccc45)cc3)ccc2-c2ccccc2)CC1. The van der Waals surface area contributed by atoms with Crippen LogP contribution in [0.25, 0.3) is 22.0 Å². The minimum atomic E-state index is -0.972. The molecule has 4 aromatic carbocycles. The Morgan fingerprint density at radius 2 is 1.62 bits per heavy atom. The highest BCUT2D eigenvalue weighted by molar-refractivity contribution is 5.94. The first kappa shape index (κ1) is 37.3. The molecule has 1 atom stereocenters. The number of hydrogen-bond acceptors (Lipinski definition) is 7. The highest BCUT2D eigenvalue weighted by Gasteiger charge is 2.30. The van der Waals surface area contributed by atoms with Gasteiger partial charge in [0.15, 0.2) is 0 Å². The van der Waals surface area contributed by atoms with Gasteiger partial charge in [0.1, 0.15) is 5.75 Å². The van der Waals surface area contributed by atoms with Crippen LogP contribution in [0.3, 0.4) is 0 Å². The number of phenolic OH excluding ortho intramolecular Hbond substituents is 1. The summed E-state index contributed by atoms with van der Waals surface area (Å²) < 4.78 is 0. The van der Waals surface area contributed by atoms with Crippen LogP contribution < -0.4 is 26.8 Å². The van der Waals surface area contributed by atoms with Crippen molar-refractivity contribution in [3.05, 3.63) is 124 Å². The minimum Gasteiger partial charge on any atom is -0.506 e. The van der Waals surface area contributed by atoms with Crippen molar-refractivity contribution in [1.29, 1.82) is 0 Å². The number of carbonyl (C=O) groups excluding carboxylic acids is 1. The van der Waals surface area contributed by atoms with Crippen molar-refractivity contribution in [2.75, 3.05) is 23.3 Å². The van der Waals surface area contributed by atoms with Crippen LogP contribution in [0.15, 0.2) is 102 Å². The lowest BCUT2D eigenvalue weighted by Crippen LogP contribution is -2.44. The molecule has 1 aromatic heterocycles. The molecular formula is C42H47N5O6. The molecule has 276 valence electrons. The zero-order chi connectivity index (χ0) is 37.3. The molecule has 1 unspecified atom stereocenters. The van der Waals surface area contributed by atoms with Gasteiger partial charge in [-0.1, -0.05) is 60.7 Å². The molecule has 1 fully saturated rings. The number of nitrogens with two attached hydrogens (primary N) is 1. The van der Waals surface area contributed by atoms with Gasteiger partial charge in [0.25, 0.3) is 0 Å². The number of phenols is 1. The number of fused-ring (bicyclic) bond motifs is 1. The molecule has 11 heteroatoms. The molecule has 0 radical (unpaired) electrons. The van der Waals surface area contributed by atoms with Gasteiger partial charge in [-0.15, -0.1) is 0 Å². The lowest BCUT2D eigenvalue weighted by Gasteiger charge is -2.35. The van der Waals surface area contributed by atoms with Gasteiger partial charge in [-0.05, 0) is 104 Å². The van der Waals surface area contributed by atoms with Gasteiger partial charge >= 0.3 is 6.09 Å². The molecule has 5 aromatic rings. The second kappa shape index (κ2) is 17.4. The van der Waals surface area contributed by atoms with Gasteiger partial charge in [0, 0.05) is 47.8 Å². The number of amides is 2. The van der Waals surface area contributed by atoms with Gasteiger partial charge < -0.3 is 36.7 Å². The molecule has 2 amide bonds. The normalized spacial score (nSPS) is 16.3. The summed E-state index contributed by atoms with van der Waals surface area (Å²) in [5.41, 5.74) is 12.0. The molecule has 8 N–H and O–H groups in total. The quantitative estimate of drug-likeness (QED) is 0.0637. The largest absolute Gasteiger partial charge is 0.506 e. The first-order valence-corrected chi connectivity index (χ1v) is 18.2. The molecule has 0 aliphatic heterocycles. The summed E-state index contributed by atoms with van der Waals surface area (Å²) in [4.78, 5) is 41.4. The van der Waals surface area contributed by atoms with E-state index in [1.54, 1.807) is 12.1 Å². The Balaban J connectivity index is 0.992. The van der Waals surface area contributed by atoms with Gasteiger partial charge in [-0.2, -0.15) is 0 Å². The number of hydrogen-bond donors (Lipinski definition) is 7. The number of aromatic nitrogens is 1. The Labute approximate surface area is 308 Å². The predicted octanol–water partition coefficient (Wildman–Crippen LogP) is 6.48. The number of nitrogens with zero attached hydrogens (tertiary/aromatic N) is 1. The standard InChI is InChI=1S/C42H47N5O6/c43-30-12-16-32(17-13-30)47(42(52)53)36-25-28(11-18-33(36)29-6-2-1-3-7-29)5-4-8-39(50)45-31-14-9-27(10-15-31)23-24-44-26-38(49)34-19-21-37(48)41-35(34)20-22-40(51)46-41/h1-3,6-7,9-11,14-15,18-22,25,30,32,38,44,48-49H,4-5,8,12-13,16-17,23-24,26,43H2,(H,45,50)(H,46,51)(H,52,53)/t30-,32-,38?. The van der Waals surface area contributed by atoms with Gasteiger partial charge in [-0.25, -0.2) is 4.79 Å². The molecule has 53 heavy (non-hydrogen) atoms. The van der Waals surface area contributed by atoms with Crippen LogP contribution in [0.1, 0.15) is 61.3 Å². The number of carbonyl (C=O) groups is 2. The zero-order valence-corrected chi connectivity index (χ0v) is 29.6. The van der Waals surface area contributed by atoms with Gasteiger partial charge in [-0.3, -0.25) is 14.5 Å². The third-order valence-corrected chi connectivity index (χ3v) is 10.0. The summed E-state index contributed by atoms with van der Waals surface area (Å²) in [7, 11) is 0.